The van der Waals surface area contributed by atoms with E-state index in [1.165, 1.54) is 17.7 Å². The van der Waals surface area contributed by atoms with Gasteiger partial charge in [0.2, 0.25) is 0 Å². The number of nitrogens with zero attached hydrogens (tertiary/aromatic N) is 3. The first-order valence-corrected chi connectivity index (χ1v) is 11.1. The Bertz CT molecular complexity index is 901. The fourth-order valence-electron chi connectivity index (χ4n) is 5.50. The third kappa shape index (κ3) is 4.78. The lowest BCUT2D eigenvalue weighted by atomic mass is 9.82. The first kappa shape index (κ1) is 21.7. The molecule has 8 heteroatoms. The van der Waals surface area contributed by atoms with Crippen LogP contribution in [0.2, 0.25) is 0 Å². The van der Waals surface area contributed by atoms with Crippen LogP contribution in [0.5, 0.6) is 5.75 Å². The molecule has 0 radical (unpaired) electrons. The quantitative estimate of drug-likeness (QED) is 0.701. The van der Waals surface area contributed by atoms with Crippen molar-refractivity contribution in [3.8, 4) is 5.75 Å². The molecule has 0 bridgehead atoms. The summed E-state index contributed by atoms with van der Waals surface area (Å²) in [6.45, 7) is 8.11. The number of fused-ring (bicyclic) bond motifs is 2. The minimum Gasteiger partial charge on any atom is -0.406 e. The van der Waals surface area contributed by atoms with E-state index in [1.54, 1.807) is 12.1 Å². The van der Waals surface area contributed by atoms with Crippen molar-refractivity contribution in [2.45, 2.75) is 31.0 Å². The third-order valence-electron chi connectivity index (χ3n) is 6.67. The number of rotatable bonds is 5. The van der Waals surface area contributed by atoms with Crippen molar-refractivity contribution >= 4 is 0 Å². The molecular weight excluding hydrogens is 419 g/mol. The molecule has 3 heterocycles. The van der Waals surface area contributed by atoms with E-state index in [9.17, 15) is 13.2 Å². The smallest absolute Gasteiger partial charge is 0.406 e. The predicted octanol–water partition coefficient (Wildman–Crippen LogP) is 3.36. The number of morpholine rings is 1. The van der Waals surface area contributed by atoms with Crippen molar-refractivity contribution in [3.05, 3.63) is 65.7 Å². The normalized spacial score (nSPS) is 24.2. The fourth-order valence-corrected chi connectivity index (χ4v) is 5.50. The molecule has 0 aliphatic carbocycles. The number of hydrogen-bond acceptors (Lipinski definition) is 5. The van der Waals surface area contributed by atoms with E-state index >= 15 is 0 Å². The highest BCUT2D eigenvalue weighted by Crippen LogP contribution is 2.37. The van der Waals surface area contributed by atoms with Gasteiger partial charge in [-0.05, 0) is 23.3 Å². The van der Waals surface area contributed by atoms with Crippen LogP contribution in [0.25, 0.3) is 0 Å². The minimum absolute atomic E-state index is 0.112. The van der Waals surface area contributed by atoms with Crippen LogP contribution in [0.3, 0.4) is 0 Å². The molecule has 0 saturated carbocycles. The molecule has 0 aromatic heterocycles. The number of alkyl halides is 3. The molecule has 0 N–H and O–H groups in total. The topological polar surface area (TPSA) is 28.2 Å². The molecule has 3 saturated heterocycles. The van der Waals surface area contributed by atoms with Gasteiger partial charge in [0.15, 0.2) is 0 Å². The predicted molar refractivity (Wildman–Crippen MR) is 114 cm³/mol. The third-order valence-corrected chi connectivity index (χ3v) is 6.67. The Balaban J connectivity index is 1.23. The second-order valence-corrected chi connectivity index (χ2v) is 9.14. The Labute approximate surface area is 186 Å². The Hall–Kier alpha value is -2.13. The van der Waals surface area contributed by atoms with E-state index in [4.69, 9.17) is 4.74 Å². The summed E-state index contributed by atoms with van der Waals surface area (Å²) < 4.78 is 46.9. The minimum atomic E-state index is -4.66. The van der Waals surface area contributed by atoms with Crippen molar-refractivity contribution in [2.24, 2.45) is 0 Å². The molecule has 5 nitrogen and oxygen atoms in total. The Morgan fingerprint density at radius 3 is 2.28 bits per heavy atom. The second-order valence-electron chi connectivity index (χ2n) is 9.14. The van der Waals surface area contributed by atoms with Gasteiger partial charge >= 0.3 is 6.36 Å². The molecule has 2 aromatic rings. The van der Waals surface area contributed by atoms with E-state index in [0.717, 1.165) is 64.6 Å². The van der Waals surface area contributed by atoms with Crippen LogP contribution in [0, 0.1) is 0 Å². The molecule has 1 atom stereocenters. The summed E-state index contributed by atoms with van der Waals surface area (Å²) >= 11 is 0. The largest absolute Gasteiger partial charge is 0.573 e. The standard InChI is InChI=1S/C24H28F3N3O2/c25-24(26,27)32-22-8-6-20(7-9-22)13-29-17-23(18-29)16-28(12-19-4-2-1-3-5-19)14-21-15-31-11-10-30(21)23/h1-9,21H,10-18H2. The van der Waals surface area contributed by atoms with Crippen molar-refractivity contribution < 1.29 is 22.6 Å². The maximum atomic E-state index is 12.4. The Kier molecular flexibility index (Phi) is 5.88. The van der Waals surface area contributed by atoms with Gasteiger partial charge < -0.3 is 9.47 Å². The van der Waals surface area contributed by atoms with E-state index in [-0.39, 0.29) is 11.3 Å². The lowest BCUT2D eigenvalue weighted by molar-refractivity contribution is -0.274. The average Bonchev–Trinajstić information content (AvgIpc) is 2.73. The number of likely N-dealkylation sites (tertiary alicyclic amines) is 1. The van der Waals surface area contributed by atoms with Crippen LogP contribution in [-0.4, -0.2) is 78.6 Å². The average molecular weight is 448 g/mol. The molecule has 1 unspecified atom stereocenters. The van der Waals surface area contributed by atoms with Gasteiger partial charge in [-0.25, -0.2) is 0 Å². The van der Waals surface area contributed by atoms with E-state index in [0.29, 0.717) is 6.04 Å². The van der Waals surface area contributed by atoms with Gasteiger partial charge in [0.1, 0.15) is 5.75 Å². The van der Waals surface area contributed by atoms with Crippen LogP contribution < -0.4 is 4.74 Å². The van der Waals surface area contributed by atoms with E-state index < -0.39 is 6.36 Å². The fraction of sp³-hybridized carbons (Fsp3) is 0.500. The molecule has 3 fully saturated rings. The molecule has 0 amide bonds. The molecule has 3 aliphatic rings. The van der Waals surface area contributed by atoms with Crippen LogP contribution in [0.1, 0.15) is 11.1 Å². The SMILES string of the molecule is FC(F)(F)Oc1ccc(CN2CC3(CN(Cc4ccccc4)CC4COCCN43)C2)cc1. The van der Waals surface area contributed by atoms with Gasteiger partial charge in [0.05, 0.1) is 18.8 Å². The number of benzene rings is 2. The maximum absolute atomic E-state index is 12.4. The first-order valence-electron chi connectivity index (χ1n) is 11.1. The number of piperazine rings is 1. The number of ether oxygens (including phenoxy) is 2. The molecule has 2 aromatic carbocycles. The summed E-state index contributed by atoms with van der Waals surface area (Å²) in [7, 11) is 0. The molecule has 5 rings (SSSR count). The van der Waals surface area contributed by atoms with Crippen molar-refractivity contribution in [1.82, 2.24) is 14.7 Å². The van der Waals surface area contributed by atoms with Gasteiger partial charge in [-0.1, -0.05) is 42.5 Å². The monoisotopic (exact) mass is 447 g/mol. The van der Waals surface area contributed by atoms with Crippen LogP contribution >= 0.6 is 0 Å². The van der Waals surface area contributed by atoms with Gasteiger partial charge in [0, 0.05) is 51.9 Å². The summed E-state index contributed by atoms with van der Waals surface area (Å²) in [5.41, 5.74) is 2.43. The van der Waals surface area contributed by atoms with Crippen LogP contribution in [-0.2, 0) is 17.8 Å². The molecule has 3 aliphatic heterocycles. The van der Waals surface area contributed by atoms with Gasteiger partial charge in [-0.2, -0.15) is 0 Å². The van der Waals surface area contributed by atoms with Crippen molar-refractivity contribution in [2.75, 3.05) is 45.9 Å². The molecule has 1 spiro atoms. The van der Waals surface area contributed by atoms with Gasteiger partial charge in [-0.3, -0.25) is 14.7 Å². The summed E-state index contributed by atoms with van der Waals surface area (Å²) in [6, 6.07) is 17.2. The van der Waals surface area contributed by atoms with Gasteiger partial charge in [0.25, 0.3) is 0 Å². The zero-order chi connectivity index (χ0) is 22.2. The summed E-state index contributed by atoms with van der Waals surface area (Å²) in [5, 5.41) is 0. The van der Waals surface area contributed by atoms with Crippen LogP contribution in [0.15, 0.2) is 54.6 Å². The maximum Gasteiger partial charge on any atom is 0.573 e. The zero-order valence-electron chi connectivity index (χ0n) is 17.9. The highest BCUT2D eigenvalue weighted by Gasteiger charge is 2.53. The number of hydrogen-bond donors (Lipinski definition) is 0. The molecular formula is C24H28F3N3O2. The first-order chi connectivity index (χ1) is 15.4. The highest BCUT2D eigenvalue weighted by molar-refractivity contribution is 5.28. The van der Waals surface area contributed by atoms with Crippen LogP contribution in [0.4, 0.5) is 13.2 Å². The van der Waals surface area contributed by atoms with Crippen molar-refractivity contribution in [1.29, 1.82) is 0 Å². The lowest BCUT2D eigenvalue weighted by Gasteiger charge is -2.63. The zero-order valence-corrected chi connectivity index (χ0v) is 17.9. The highest BCUT2D eigenvalue weighted by atomic mass is 19.4. The van der Waals surface area contributed by atoms with Crippen molar-refractivity contribution in [3.63, 3.8) is 0 Å². The summed E-state index contributed by atoms with van der Waals surface area (Å²) in [6.07, 6.45) is -4.66. The Morgan fingerprint density at radius 2 is 1.56 bits per heavy atom. The molecule has 172 valence electrons. The second kappa shape index (κ2) is 8.67. The molecule has 32 heavy (non-hydrogen) atoms. The Morgan fingerprint density at radius 1 is 0.906 bits per heavy atom. The van der Waals surface area contributed by atoms with E-state index in [2.05, 4.69) is 43.7 Å². The summed E-state index contributed by atoms with van der Waals surface area (Å²) in [4.78, 5) is 7.57. The van der Waals surface area contributed by atoms with E-state index in [1.807, 2.05) is 6.07 Å². The van der Waals surface area contributed by atoms with Gasteiger partial charge in [-0.15, -0.1) is 13.2 Å². The number of halogens is 3. The lowest BCUT2D eigenvalue weighted by Crippen LogP contribution is -2.80. The summed E-state index contributed by atoms with van der Waals surface area (Å²) in [5.74, 6) is -0.179.